The molecule has 2 saturated heterocycles. The van der Waals surface area contributed by atoms with E-state index < -0.39 is 5.60 Å². The van der Waals surface area contributed by atoms with Gasteiger partial charge in [0, 0.05) is 23.9 Å². The third-order valence-electron chi connectivity index (χ3n) is 6.23. The fourth-order valence-corrected chi connectivity index (χ4v) is 5.03. The summed E-state index contributed by atoms with van der Waals surface area (Å²) < 4.78 is 7.40. The first kappa shape index (κ1) is 22.3. The van der Waals surface area contributed by atoms with Gasteiger partial charge in [-0.3, -0.25) is 4.90 Å². The average Bonchev–Trinajstić information content (AvgIpc) is 3.14. The number of rotatable bonds is 3. The van der Waals surface area contributed by atoms with E-state index in [1.54, 1.807) is 4.52 Å². The molecule has 0 aliphatic carbocycles. The second kappa shape index (κ2) is 8.94. The van der Waals surface area contributed by atoms with E-state index in [0.29, 0.717) is 17.6 Å². The zero-order valence-electron chi connectivity index (χ0n) is 19.1. The molecule has 170 valence electrons. The molecule has 4 rings (SSSR count). The fourth-order valence-electron chi connectivity index (χ4n) is 4.69. The number of amides is 1. The van der Waals surface area contributed by atoms with Gasteiger partial charge in [-0.1, -0.05) is 11.6 Å². The smallest absolute Gasteiger partial charge is 0.410 e. The van der Waals surface area contributed by atoms with Gasteiger partial charge in [0.25, 0.3) is 0 Å². The van der Waals surface area contributed by atoms with E-state index in [2.05, 4.69) is 5.32 Å². The number of fused-ring (bicyclic) bond motifs is 1. The molecule has 2 fully saturated rings. The van der Waals surface area contributed by atoms with Crippen molar-refractivity contribution >= 4 is 23.3 Å². The predicted molar refractivity (Wildman–Crippen MR) is 122 cm³/mol. The number of aryl methyl sites for hydroxylation is 1. The normalized spacial score (nSPS) is 22.7. The lowest BCUT2D eigenvalue weighted by atomic mass is 9.92. The van der Waals surface area contributed by atoms with Crippen molar-refractivity contribution < 1.29 is 9.53 Å². The largest absolute Gasteiger partial charge is 0.444 e. The molecule has 31 heavy (non-hydrogen) atoms. The van der Waals surface area contributed by atoms with Crippen molar-refractivity contribution in [3.8, 4) is 0 Å². The molecule has 4 heterocycles. The van der Waals surface area contributed by atoms with E-state index in [1.165, 1.54) is 12.8 Å². The predicted octanol–water partition coefficient (Wildman–Crippen LogP) is 4.70. The minimum Gasteiger partial charge on any atom is -0.444 e. The standard InChI is InChI=1S/C23H34ClN5O2/c1-15-17(12-16-8-7-10-25-14-16)21(24)29-20(26-15)13-18(27-29)19-9-5-6-11-28(19)22(30)31-23(2,3)4/h13,16,19,25H,5-12,14H2,1-4H3/t16?,19-/m0/s1. The van der Waals surface area contributed by atoms with E-state index in [-0.39, 0.29) is 12.1 Å². The van der Waals surface area contributed by atoms with Gasteiger partial charge in [0.05, 0.1) is 11.7 Å². The van der Waals surface area contributed by atoms with Crippen LogP contribution in [0.3, 0.4) is 0 Å². The maximum atomic E-state index is 12.8. The SMILES string of the molecule is Cc1nc2cc([C@@H]3CCCCN3C(=O)OC(C)(C)C)nn2c(Cl)c1CC1CCCNC1. The molecule has 0 aromatic carbocycles. The number of piperidine rings is 2. The van der Waals surface area contributed by atoms with Crippen LogP contribution >= 0.6 is 11.6 Å². The second-order valence-corrected chi connectivity index (χ2v) is 10.3. The minimum atomic E-state index is -0.525. The monoisotopic (exact) mass is 447 g/mol. The third kappa shape index (κ3) is 4.98. The Balaban J connectivity index is 1.63. The van der Waals surface area contributed by atoms with Gasteiger partial charge in [0.15, 0.2) is 5.65 Å². The number of ether oxygens (including phenoxy) is 1. The third-order valence-corrected chi connectivity index (χ3v) is 6.62. The van der Waals surface area contributed by atoms with Crippen LogP contribution in [-0.4, -0.2) is 50.8 Å². The lowest BCUT2D eigenvalue weighted by molar-refractivity contribution is 0.00898. The van der Waals surface area contributed by atoms with Crippen molar-refractivity contribution in [2.45, 2.75) is 77.9 Å². The summed E-state index contributed by atoms with van der Waals surface area (Å²) in [5.74, 6) is 0.570. The van der Waals surface area contributed by atoms with Crippen LogP contribution in [0.5, 0.6) is 0 Å². The quantitative estimate of drug-likeness (QED) is 0.690. The van der Waals surface area contributed by atoms with Gasteiger partial charge in [0.2, 0.25) is 0 Å². The molecule has 0 radical (unpaired) electrons. The van der Waals surface area contributed by atoms with Crippen molar-refractivity contribution in [3.05, 3.63) is 28.2 Å². The van der Waals surface area contributed by atoms with Crippen molar-refractivity contribution in [3.63, 3.8) is 0 Å². The summed E-state index contributed by atoms with van der Waals surface area (Å²) >= 11 is 6.84. The molecule has 2 aromatic heterocycles. The number of nitrogens with one attached hydrogen (secondary N) is 1. The molecule has 2 aromatic rings. The Kier molecular flexibility index (Phi) is 6.44. The van der Waals surface area contributed by atoms with Crippen LogP contribution in [0.25, 0.3) is 5.65 Å². The van der Waals surface area contributed by atoms with E-state index in [1.807, 2.05) is 38.7 Å². The van der Waals surface area contributed by atoms with Crippen molar-refractivity contribution in [1.29, 1.82) is 0 Å². The summed E-state index contributed by atoms with van der Waals surface area (Å²) in [6.07, 6.45) is 5.92. The van der Waals surface area contributed by atoms with Gasteiger partial charge >= 0.3 is 6.09 Å². The van der Waals surface area contributed by atoms with E-state index in [4.69, 9.17) is 26.4 Å². The van der Waals surface area contributed by atoms with Gasteiger partial charge in [-0.2, -0.15) is 5.10 Å². The van der Waals surface area contributed by atoms with Crippen LogP contribution in [-0.2, 0) is 11.2 Å². The maximum absolute atomic E-state index is 12.8. The summed E-state index contributed by atoms with van der Waals surface area (Å²) in [5, 5.41) is 8.93. The summed E-state index contributed by atoms with van der Waals surface area (Å²) in [6, 6.07) is 1.85. The molecule has 1 N–H and O–H groups in total. The first-order valence-electron chi connectivity index (χ1n) is 11.5. The second-order valence-electron chi connectivity index (χ2n) is 9.91. The van der Waals surface area contributed by atoms with Crippen molar-refractivity contribution in [1.82, 2.24) is 24.8 Å². The molecule has 0 bridgehead atoms. The highest BCUT2D eigenvalue weighted by molar-refractivity contribution is 6.30. The Morgan fingerprint density at radius 3 is 2.81 bits per heavy atom. The van der Waals surface area contributed by atoms with E-state index in [9.17, 15) is 4.79 Å². The van der Waals surface area contributed by atoms with Gasteiger partial charge in [-0.15, -0.1) is 0 Å². The van der Waals surface area contributed by atoms with E-state index in [0.717, 1.165) is 61.4 Å². The molecule has 2 aliphatic rings. The fraction of sp³-hybridized carbons (Fsp3) is 0.696. The van der Waals surface area contributed by atoms with Crippen LogP contribution in [0.2, 0.25) is 5.15 Å². The molecule has 2 aliphatic heterocycles. The molecular formula is C23H34ClN5O2. The molecule has 1 unspecified atom stereocenters. The number of hydrogen-bond donors (Lipinski definition) is 1. The maximum Gasteiger partial charge on any atom is 0.410 e. The highest BCUT2D eigenvalue weighted by Crippen LogP contribution is 2.33. The Bertz CT molecular complexity index is 946. The average molecular weight is 448 g/mol. The van der Waals surface area contributed by atoms with Crippen LogP contribution in [0.4, 0.5) is 4.79 Å². The highest BCUT2D eigenvalue weighted by Gasteiger charge is 2.33. The Labute approximate surface area is 189 Å². The number of likely N-dealkylation sites (tertiary alicyclic amines) is 1. The lowest BCUT2D eigenvalue weighted by Gasteiger charge is -2.35. The number of carbonyl (C=O) groups excluding carboxylic acids is 1. The van der Waals surface area contributed by atoms with Gasteiger partial charge in [0.1, 0.15) is 10.8 Å². The van der Waals surface area contributed by atoms with Crippen LogP contribution < -0.4 is 5.32 Å². The van der Waals surface area contributed by atoms with E-state index >= 15 is 0 Å². The number of nitrogens with zero attached hydrogens (tertiary/aromatic N) is 4. The molecular weight excluding hydrogens is 414 g/mol. The molecule has 0 saturated carbocycles. The summed E-state index contributed by atoms with van der Waals surface area (Å²) in [7, 11) is 0. The van der Waals surface area contributed by atoms with Crippen LogP contribution in [0.15, 0.2) is 6.07 Å². The Hall–Kier alpha value is -1.86. The Morgan fingerprint density at radius 1 is 1.29 bits per heavy atom. The molecule has 7 nitrogen and oxygen atoms in total. The zero-order valence-corrected chi connectivity index (χ0v) is 19.8. The molecule has 8 heteroatoms. The molecule has 1 amide bonds. The number of halogens is 1. The first-order chi connectivity index (χ1) is 14.7. The summed E-state index contributed by atoms with van der Waals surface area (Å²) in [4.78, 5) is 19.4. The molecule has 0 spiro atoms. The lowest BCUT2D eigenvalue weighted by Crippen LogP contribution is -2.42. The topological polar surface area (TPSA) is 71.8 Å². The number of hydrogen-bond acceptors (Lipinski definition) is 5. The Morgan fingerprint density at radius 2 is 2.10 bits per heavy atom. The molecule has 2 atom stereocenters. The van der Waals surface area contributed by atoms with Crippen molar-refractivity contribution in [2.24, 2.45) is 5.92 Å². The van der Waals surface area contributed by atoms with Crippen LogP contribution in [0.1, 0.15) is 75.9 Å². The van der Waals surface area contributed by atoms with Gasteiger partial charge in [-0.25, -0.2) is 14.3 Å². The number of aromatic nitrogens is 3. The zero-order chi connectivity index (χ0) is 22.2. The number of carbonyl (C=O) groups is 1. The highest BCUT2D eigenvalue weighted by atomic mass is 35.5. The first-order valence-corrected chi connectivity index (χ1v) is 11.9. The van der Waals surface area contributed by atoms with Crippen LogP contribution in [0, 0.1) is 12.8 Å². The van der Waals surface area contributed by atoms with Gasteiger partial charge < -0.3 is 10.1 Å². The summed E-state index contributed by atoms with van der Waals surface area (Å²) in [6.45, 7) is 10.5. The van der Waals surface area contributed by atoms with Gasteiger partial charge in [-0.05, 0) is 85.2 Å². The summed E-state index contributed by atoms with van der Waals surface area (Å²) in [5.41, 5.74) is 3.07. The van der Waals surface area contributed by atoms with Crippen molar-refractivity contribution in [2.75, 3.05) is 19.6 Å². The minimum absolute atomic E-state index is 0.118.